The Morgan fingerprint density at radius 2 is 1.32 bits per heavy atom. The molecule has 1 fully saturated rings. The molecule has 9 heteroatoms. The van der Waals surface area contributed by atoms with Gasteiger partial charge in [0.15, 0.2) is 11.5 Å². The second kappa shape index (κ2) is 19.4. The van der Waals surface area contributed by atoms with Gasteiger partial charge in [-0.3, -0.25) is 24.3 Å². The molecule has 324 valence electrons. The van der Waals surface area contributed by atoms with Gasteiger partial charge in [0.05, 0.1) is 25.3 Å². The number of carbonyl (C=O) groups is 3. The second-order valence-corrected chi connectivity index (χ2v) is 17.2. The molecule has 0 unspecified atom stereocenters. The maximum Gasteiger partial charge on any atom is 0.261 e. The molecular formula is C54H56FN3O5. The number of ether oxygens (including phenoxy) is 2. The van der Waals surface area contributed by atoms with Gasteiger partial charge in [0.2, 0.25) is 5.91 Å². The number of amides is 3. The molecule has 2 aliphatic rings. The summed E-state index contributed by atoms with van der Waals surface area (Å²) in [6.45, 7) is 0.813. The largest absolute Gasteiger partial charge is 0.493 e. The molecule has 2 heterocycles. The summed E-state index contributed by atoms with van der Waals surface area (Å²) < 4.78 is 25.0. The Hall–Kier alpha value is -6.35. The lowest BCUT2D eigenvalue weighted by Gasteiger charge is -2.39. The van der Waals surface area contributed by atoms with Gasteiger partial charge in [0.25, 0.3) is 11.8 Å². The lowest BCUT2D eigenvalue weighted by atomic mass is 9.68. The van der Waals surface area contributed by atoms with Gasteiger partial charge in [-0.2, -0.15) is 0 Å². The van der Waals surface area contributed by atoms with Crippen molar-refractivity contribution in [3.8, 4) is 11.5 Å². The van der Waals surface area contributed by atoms with E-state index in [0.717, 1.165) is 85.5 Å². The number of hydrogen-bond donors (Lipinski definition) is 1. The summed E-state index contributed by atoms with van der Waals surface area (Å²) in [5.41, 5.74) is 5.28. The van der Waals surface area contributed by atoms with E-state index in [0.29, 0.717) is 48.4 Å². The Kier molecular flexibility index (Phi) is 13.3. The van der Waals surface area contributed by atoms with Crippen molar-refractivity contribution in [2.24, 2.45) is 0 Å². The van der Waals surface area contributed by atoms with Gasteiger partial charge in [-0.15, -0.1) is 0 Å². The predicted molar refractivity (Wildman–Crippen MR) is 245 cm³/mol. The third-order valence-electron chi connectivity index (χ3n) is 13.4. The topological polar surface area (TPSA) is 97.8 Å². The van der Waals surface area contributed by atoms with Crippen molar-refractivity contribution in [3.05, 3.63) is 172 Å². The summed E-state index contributed by atoms with van der Waals surface area (Å²) in [6.07, 6.45) is 9.45. The predicted octanol–water partition coefficient (Wildman–Crippen LogP) is 10.7. The second-order valence-electron chi connectivity index (χ2n) is 17.2. The van der Waals surface area contributed by atoms with Crippen LogP contribution in [0.15, 0.2) is 127 Å². The molecule has 63 heavy (non-hydrogen) atoms. The van der Waals surface area contributed by atoms with Gasteiger partial charge < -0.3 is 14.8 Å². The minimum atomic E-state index is -0.511. The van der Waals surface area contributed by atoms with Crippen LogP contribution in [-0.2, 0) is 28.5 Å². The Morgan fingerprint density at radius 3 is 1.94 bits per heavy atom. The van der Waals surface area contributed by atoms with Gasteiger partial charge in [-0.05, 0) is 116 Å². The van der Waals surface area contributed by atoms with E-state index in [1.165, 1.54) is 28.2 Å². The van der Waals surface area contributed by atoms with E-state index in [4.69, 9.17) is 14.5 Å². The number of imide groups is 1. The van der Waals surface area contributed by atoms with Crippen LogP contribution in [0.3, 0.4) is 0 Å². The molecule has 0 radical (unpaired) electrons. The fraction of sp³-hybridized carbons (Fsp3) is 0.333. The molecule has 1 aliphatic carbocycles. The summed E-state index contributed by atoms with van der Waals surface area (Å²) in [4.78, 5) is 47.6. The molecule has 0 saturated heterocycles. The van der Waals surface area contributed by atoms with Gasteiger partial charge >= 0.3 is 0 Å². The number of hydrogen-bond acceptors (Lipinski definition) is 6. The number of aromatic nitrogens is 1. The number of fused-ring (bicyclic) bond motifs is 2. The normalized spacial score (nSPS) is 14.7. The number of carbonyl (C=O) groups excluding carboxylic acids is 3. The molecule has 1 aliphatic heterocycles. The van der Waals surface area contributed by atoms with Crippen molar-refractivity contribution in [1.29, 1.82) is 0 Å². The van der Waals surface area contributed by atoms with E-state index >= 15 is 0 Å². The van der Waals surface area contributed by atoms with Crippen LogP contribution in [0.1, 0.15) is 113 Å². The molecule has 0 bridgehead atoms. The van der Waals surface area contributed by atoms with Crippen LogP contribution in [0, 0.1) is 5.82 Å². The average molecular weight is 846 g/mol. The highest BCUT2D eigenvalue weighted by Crippen LogP contribution is 2.45. The van der Waals surface area contributed by atoms with Gasteiger partial charge in [-0.1, -0.05) is 104 Å². The van der Waals surface area contributed by atoms with Gasteiger partial charge in [-0.25, -0.2) is 4.39 Å². The lowest BCUT2D eigenvalue weighted by Crippen LogP contribution is -2.45. The quantitative estimate of drug-likeness (QED) is 0.0683. The van der Waals surface area contributed by atoms with E-state index in [2.05, 4.69) is 59.9 Å². The number of rotatable bonds is 18. The Bertz CT molecular complexity index is 2480. The molecule has 6 aromatic rings. The summed E-state index contributed by atoms with van der Waals surface area (Å²) in [5.74, 6) is 0.467. The van der Waals surface area contributed by atoms with Crippen LogP contribution in [0.5, 0.6) is 11.5 Å². The van der Waals surface area contributed by atoms with Crippen LogP contribution in [0.4, 0.5) is 4.39 Å². The molecule has 8 nitrogen and oxygen atoms in total. The number of aryl methyl sites for hydroxylation is 2. The van der Waals surface area contributed by atoms with Crippen molar-refractivity contribution < 1.29 is 28.2 Å². The van der Waals surface area contributed by atoms with E-state index in [1.54, 1.807) is 38.5 Å². The van der Waals surface area contributed by atoms with Crippen LogP contribution in [0.25, 0.3) is 10.8 Å². The van der Waals surface area contributed by atoms with E-state index in [1.807, 2.05) is 36.4 Å². The number of methoxy groups -OCH3 is 2. The monoisotopic (exact) mass is 845 g/mol. The SMILES string of the molecule is COc1cc2cc(C3(CN4C(=O)c5ccccc5C4=O)CCCCC3)nc(CCCC(CCCNC(=O)CCc3ccc(F)cc3)(c3ccccc3)c3ccccc3)c2cc1OC. The van der Waals surface area contributed by atoms with Crippen molar-refractivity contribution in [3.63, 3.8) is 0 Å². The van der Waals surface area contributed by atoms with Crippen molar-refractivity contribution in [2.75, 3.05) is 27.3 Å². The van der Waals surface area contributed by atoms with Gasteiger partial charge in [0.1, 0.15) is 5.82 Å². The molecular weight excluding hydrogens is 790 g/mol. The van der Waals surface area contributed by atoms with E-state index in [-0.39, 0.29) is 35.5 Å². The van der Waals surface area contributed by atoms with Gasteiger partial charge in [0, 0.05) is 47.1 Å². The number of halogens is 1. The minimum absolute atomic E-state index is 0.0204. The number of nitrogens with zero attached hydrogens (tertiary/aromatic N) is 2. The van der Waals surface area contributed by atoms with Crippen molar-refractivity contribution in [2.45, 2.75) is 87.9 Å². The highest BCUT2D eigenvalue weighted by molar-refractivity contribution is 6.21. The average Bonchev–Trinajstić information content (AvgIpc) is 3.56. The maximum absolute atomic E-state index is 13.8. The fourth-order valence-corrected chi connectivity index (χ4v) is 10.1. The molecule has 0 atom stereocenters. The first-order valence-corrected chi connectivity index (χ1v) is 22.4. The Labute approximate surface area is 369 Å². The first kappa shape index (κ1) is 43.3. The zero-order valence-corrected chi connectivity index (χ0v) is 36.3. The Morgan fingerprint density at radius 1 is 0.730 bits per heavy atom. The smallest absolute Gasteiger partial charge is 0.261 e. The third kappa shape index (κ3) is 9.24. The zero-order valence-electron chi connectivity index (χ0n) is 36.3. The first-order valence-electron chi connectivity index (χ1n) is 22.4. The zero-order chi connectivity index (χ0) is 43.8. The third-order valence-corrected chi connectivity index (χ3v) is 13.4. The summed E-state index contributed by atoms with van der Waals surface area (Å²) in [5, 5.41) is 5.11. The Balaban J connectivity index is 1.10. The van der Waals surface area contributed by atoms with Crippen LogP contribution in [-0.4, -0.2) is 54.9 Å². The van der Waals surface area contributed by atoms with E-state index in [9.17, 15) is 18.8 Å². The molecule has 5 aromatic carbocycles. The van der Waals surface area contributed by atoms with E-state index < -0.39 is 5.41 Å². The molecule has 1 saturated carbocycles. The highest BCUT2D eigenvalue weighted by Gasteiger charge is 2.44. The molecule has 0 spiro atoms. The lowest BCUT2D eigenvalue weighted by molar-refractivity contribution is -0.121. The number of nitrogens with one attached hydrogen (secondary N) is 1. The summed E-state index contributed by atoms with van der Waals surface area (Å²) in [7, 11) is 3.29. The maximum atomic E-state index is 13.8. The van der Waals surface area contributed by atoms with Crippen molar-refractivity contribution >= 4 is 28.5 Å². The fourth-order valence-electron chi connectivity index (χ4n) is 10.1. The van der Waals surface area contributed by atoms with Crippen LogP contribution < -0.4 is 14.8 Å². The number of pyridine rings is 1. The first-order chi connectivity index (χ1) is 30.7. The molecule has 3 amide bonds. The minimum Gasteiger partial charge on any atom is -0.493 e. The summed E-state index contributed by atoms with van der Waals surface area (Å²) in [6, 6.07) is 41.0. The van der Waals surface area contributed by atoms with Crippen molar-refractivity contribution in [1.82, 2.24) is 15.2 Å². The molecule has 8 rings (SSSR count). The van der Waals surface area contributed by atoms with Crippen LogP contribution >= 0.6 is 0 Å². The number of benzene rings is 5. The summed E-state index contributed by atoms with van der Waals surface area (Å²) >= 11 is 0. The molecule has 1 aromatic heterocycles. The standard InChI is InChI=1S/C54H56FN3O5/c1-62-47-34-39-35-49(53(29-12-5-13-30-53)37-58-51(60)43-20-10-11-21-44(43)52(58)61)57-46(45(39)36-48(47)63-2)22-14-31-54(40-16-6-3-7-17-40,41-18-8-4-9-19-41)32-15-33-56-50(59)28-25-38-23-26-42(55)27-24-38/h3-4,6-11,16-21,23-24,26-27,34-36H,5,12-15,22,25,28-33,37H2,1-2H3,(H,56,59). The molecule has 1 N–H and O–H groups in total. The highest BCUT2D eigenvalue weighted by atomic mass is 19.1. The van der Waals surface area contributed by atoms with Crippen LogP contribution in [0.2, 0.25) is 0 Å².